The lowest BCUT2D eigenvalue weighted by molar-refractivity contribution is 0.510. The molecular formula is C18H12F2N4O. The van der Waals surface area contributed by atoms with Crippen LogP contribution in [-0.4, -0.2) is 15.0 Å². The van der Waals surface area contributed by atoms with E-state index in [1.54, 1.807) is 0 Å². The highest BCUT2D eigenvalue weighted by Gasteiger charge is 2.11. The molecule has 0 atom stereocenters. The summed E-state index contributed by atoms with van der Waals surface area (Å²) in [6, 6.07) is 11.6. The van der Waals surface area contributed by atoms with E-state index in [1.165, 1.54) is 12.6 Å². The molecule has 1 N–H and O–H groups in total. The van der Waals surface area contributed by atoms with Crippen LogP contribution in [0.25, 0.3) is 22.4 Å². The minimum Gasteiger partial charge on any atom is -0.443 e. The van der Waals surface area contributed by atoms with Crippen LogP contribution in [-0.2, 0) is 6.54 Å². The smallest absolute Gasteiger partial charge is 0.181 e. The predicted molar refractivity (Wildman–Crippen MR) is 88.7 cm³/mol. The molecule has 0 aliphatic heterocycles. The van der Waals surface area contributed by atoms with Crippen molar-refractivity contribution in [2.24, 2.45) is 0 Å². The van der Waals surface area contributed by atoms with Gasteiger partial charge in [-0.05, 0) is 0 Å². The molecule has 0 radical (unpaired) electrons. The van der Waals surface area contributed by atoms with Gasteiger partial charge in [0.1, 0.15) is 11.5 Å². The number of oxazole rings is 1. The van der Waals surface area contributed by atoms with Crippen molar-refractivity contribution < 1.29 is 13.2 Å². The Morgan fingerprint density at radius 1 is 0.960 bits per heavy atom. The van der Waals surface area contributed by atoms with Gasteiger partial charge < -0.3 is 9.73 Å². The maximum Gasteiger partial charge on any atom is 0.181 e. The van der Waals surface area contributed by atoms with Crippen LogP contribution in [0.5, 0.6) is 0 Å². The minimum atomic E-state index is -0.957. The Morgan fingerprint density at radius 2 is 1.72 bits per heavy atom. The number of aromatic nitrogens is 3. The first-order chi connectivity index (χ1) is 12.2. The molecule has 25 heavy (non-hydrogen) atoms. The summed E-state index contributed by atoms with van der Waals surface area (Å²) in [5, 5.41) is 3.07. The summed E-state index contributed by atoms with van der Waals surface area (Å²) in [4.78, 5) is 12.5. The first kappa shape index (κ1) is 15.2. The average molecular weight is 338 g/mol. The molecule has 0 spiro atoms. The molecule has 0 unspecified atom stereocenters. The van der Waals surface area contributed by atoms with Crippen molar-refractivity contribution in [3.63, 3.8) is 0 Å². The molecule has 0 aliphatic rings. The monoisotopic (exact) mass is 338 g/mol. The van der Waals surface area contributed by atoms with Crippen molar-refractivity contribution in [2.75, 3.05) is 5.32 Å². The molecule has 0 aliphatic carbocycles. The van der Waals surface area contributed by atoms with Crippen LogP contribution in [0.2, 0.25) is 0 Å². The number of anilines is 1. The topological polar surface area (TPSA) is 63.8 Å². The van der Waals surface area contributed by atoms with Crippen molar-refractivity contribution in [3.8, 4) is 11.3 Å². The molecule has 124 valence electrons. The highest BCUT2D eigenvalue weighted by molar-refractivity contribution is 5.75. The molecule has 0 amide bonds. The van der Waals surface area contributed by atoms with E-state index in [0.29, 0.717) is 23.8 Å². The molecule has 0 saturated heterocycles. The largest absolute Gasteiger partial charge is 0.443 e. The van der Waals surface area contributed by atoms with Gasteiger partial charge in [-0.2, -0.15) is 0 Å². The summed E-state index contributed by atoms with van der Waals surface area (Å²) in [7, 11) is 0. The third-order valence-corrected chi connectivity index (χ3v) is 3.70. The van der Waals surface area contributed by atoms with E-state index in [4.69, 9.17) is 4.42 Å². The van der Waals surface area contributed by atoms with E-state index in [0.717, 1.165) is 17.7 Å². The first-order valence-electron chi connectivity index (χ1n) is 7.54. The second-order valence-corrected chi connectivity index (χ2v) is 5.36. The van der Waals surface area contributed by atoms with Crippen LogP contribution in [0.1, 0.15) is 5.69 Å². The molecule has 7 heteroatoms. The van der Waals surface area contributed by atoms with Gasteiger partial charge in [-0.25, -0.2) is 18.7 Å². The quantitative estimate of drug-likeness (QED) is 0.605. The number of hydrogen-bond donors (Lipinski definition) is 1. The van der Waals surface area contributed by atoms with Gasteiger partial charge in [-0.15, -0.1) is 0 Å². The molecule has 4 rings (SSSR count). The molecule has 0 fully saturated rings. The van der Waals surface area contributed by atoms with Crippen LogP contribution in [0.4, 0.5) is 14.6 Å². The third-order valence-electron chi connectivity index (χ3n) is 3.70. The van der Waals surface area contributed by atoms with E-state index >= 15 is 0 Å². The van der Waals surface area contributed by atoms with Gasteiger partial charge >= 0.3 is 0 Å². The standard InChI is InChI=1S/C18H12F2N4O/c19-12-6-14-15(7-13(12)20)24-17(9-21-14)22-8-16-18(25-10-23-16)11-4-2-1-3-5-11/h1-7,9-10H,8H2,(H,22,24). The molecular weight excluding hydrogens is 326 g/mol. The third kappa shape index (κ3) is 3.03. The number of nitrogens with one attached hydrogen (secondary N) is 1. The predicted octanol–water partition coefficient (Wildman–Crippen LogP) is 4.18. The van der Waals surface area contributed by atoms with Crippen molar-refractivity contribution in [3.05, 3.63) is 72.4 Å². The summed E-state index contributed by atoms with van der Waals surface area (Å²) in [5.74, 6) is -0.810. The van der Waals surface area contributed by atoms with Crippen molar-refractivity contribution in [1.29, 1.82) is 0 Å². The molecule has 5 nitrogen and oxygen atoms in total. The maximum atomic E-state index is 13.3. The number of halogens is 2. The van der Waals surface area contributed by atoms with E-state index in [-0.39, 0.29) is 11.0 Å². The van der Waals surface area contributed by atoms with E-state index in [1.807, 2.05) is 30.3 Å². The fourth-order valence-corrected chi connectivity index (χ4v) is 2.49. The van der Waals surface area contributed by atoms with Gasteiger partial charge in [0.15, 0.2) is 23.8 Å². The number of rotatable bonds is 4. The highest BCUT2D eigenvalue weighted by Crippen LogP contribution is 2.23. The number of hydrogen-bond acceptors (Lipinski definition) is 5. The second kappa shape index (κ2) is 6.27. The lowest BCUT2D eigenvalue weighted by Gasteiger charge is -2.06. The minimum absolute atomic E-state index is 0.271. The number of nitrogens with zero attached hydrogens (tertiary/aromatic N) is 3. The zero-order chi connectivity index (χ0) is 17.2. The van der Waals surface area contributed by atoms with Gasteiger partial charge in [-0.3, -0.25) is 4.98 Å². The van der Waals surface area contributed by atoms with Crippen LogP contribution in [0, 0.1) is 11.6 Å². The highest BCUT2D eigenvalue weighted by atomic mass is 19.2. The van der Waals surface area contributed by atoms with E-state index in [2.05, 4.69) is 20.3 Å². The fraction of sp³-hybridized carbons (Fsp3) is 0.0556. The van der Waals surface area contributed by atoms with Crippen molar-refractivity contribution in [2.45, 2.75) is 6.54 Å². The van der Waals surface area contributed by atoms with Gasteiger partial charge in [0, 0.05) is 17.7 Å². The Hall–Kier alpha value is -3.35. The van der Waals surface area contributed by atoms with Crippen molar-refractivity contribution >= 4 is 16.9 Å². The molecule has 4 aromatic rings. The van der Waals surface area contributed by atoms with Crippen LogP contribution in [0.3, 0.4) is 0 Å². The van der Waals surface area contributed by atoms with Gasteiger partial charge in [0.25, 0.3) is 0 Å². The first-order valence-corrected chi connectivity index (χ1v) is 7.54. The molecule has 2 aromatic heterocycles. The van der Waals surface area contributed by atoms with Gasteiger partial charge in [-0.1, -0.05) is 30.3 Å². The lowest BCUT2D eigenvalue weighted by Crippen LogP contribution is -2.04. The average Bonchev–Trinajstić information content (AvgIpc) is 3.10. The van der Waals surface area contributed by atoms with Crippen LogP contribution >= 0.6 is 0 Å². The SMILES string of the molecule is Fc1cc2ncc(NCc3ncoc3-c3ccccc3)nc2cc1F. The van der Waals surface area contributed by atoms with E-state index < -0.39 is 11.6 Å². The molecule has 0 bridgehead atoms. The number of benzene rings is 2. The summed E-state index contributed by atoms with van der Waals surface area (Å²) >= 11 is 0. The summed E-state index contributed by atoms with van der Waals surface area (Å²) < 4.78 is 32.0. The van der Waals surface area contributed by atoms with Gasteiger partial charge in [0.2, 0.25) is 0 Å². The Balaban J connectivity index is 1.57. The zero-order valence-corrected chi connectivity index (χ0v) is 12.9. The Morgan fingerprint density at radius 3 is 2.52 bits per heavy atom. The lowest BCUT2D eigenvalue weighted by atomic mass is 10.1. The van der Waals surface area contributed by atoms with Crippen LogP contribution < -0.4 is 5.32 Å². The second-order valence-electron chi connectivity index (χ2n) is 5.36. The van der Waals surface area contributed by atoms with Crippen LogP contribution in [0.15, 0.2) is 59.5 Å². The Kier molecular flexibility index (Phi) is 3.81. The molecule has 0 saturated carbocycles. The van der Waals surface area contributed by atoms with Gasteiger partial charge in [0.05, 0.1) is 23.8 Å². The summed E-state index contributed by atoms with van der Waals surface area (Å²) in [6.07, 6.45) is 2.84. The maximum absolute atomic E-state index is 13.3. The van der Waals surface area contributed by atoms with E-state index in [9.17, 15) is 8.78 Å². The zero-order valence-electron chi connectivity index (χ0n) is 12.9. The molecule has 2 aromatic carbocycles. The Bertz CT molecular complexity index is 1030. The number of fused-ring (bicyclic) bond motifs is 1. The fourth-order valence-electron chi connectivity index (χ4n) is 2.49. The molecule has 2 heterocycles. The summed E-state index contributed by atoms with van der Waals surface area (Å²) in [6.45, 7) is 0.352. The summed E-state index contributed by atoms with van der Waals surface area (Å²) in [5.41, 5.74) is 2.18. The normalized spacial score (nSPS) is 11.0. The van der Waals surface area contributed by atoms with Crippen molar-refractivity contribution in [1.82, 2.24) is 15.0 Å². The Labute approximate surface area is 141 Å².